The third kappa shape index (κ3) is 2.77. The van der Waals surface area contributed by atoms with Crippen LogP contribution in [0.4, 0.5) is 4.39 Å². The molecule has 0 saturated carbocycles. The summed E-state index contributed by atoms with van der Waals surface area (Å²) in [5, 5.41) is 4.42. The summed E-state index contributed by atoms with van der Waals surface area (Å²) in [6.07, 6.45) is 0.581. The Bertz CT molecular complexity index is 1150. The fourth-order valence-electron chi connectivity index (χ4n) is 2.85. The molecule has 0 aliphatic carbocycles. The van der Waals surface area contributed by atoms with Crippen molar-refractivity contribution in [1.29, 1.82) is 0 Å². The molecule has 0 aliphatic heterocycles. The Labute approximate surface area is 147 Å². The Morgan fingerprint density at radius 1 is 1.08 bits per heavy atom. The number of fused-ring (bicyclic) bond motifs is 1. The molecule has 0 amide bonds. The number of hydrogen-bond acceptors (Lipinski definition) is 5. The fourth-order valence-corrected chi connectivity index (χ4v) is 2.85. The van der Waals surface area contributed by atoms with Crippen molar-refractivity contribution in [3.05, 3.63) is 76.4 Å². The highest BCUT2D eigenvalue weighted by molar-refractivity contribution is 5.77. The molecule has 0 radical (unpaired) electrons. The third-order valence-electron chi connectivity index (χ3n) is 4.13. The van der Waals surface area contributed by atoms with Crippen LogP contribution < -0.4 is 5.56 Å². The van der Waals surface area contributed by atoms with Gasteiger partial charge in [-0.15, -0.1) is 0 Å². The largest absolute Gasteiger partial charge is 0.334 e. The van der Waals surface area contributed by atoms with Gasteiger partial charge < -0.3 is 4.52 Å². The minimum Gasteiger partial charge on any atom is -0.334 e. The molecule has 0 bridgehead atoms. The van der Waals surface area contributed by atoms with Gasteiger partial charge >= 0.3 is 0 Å². The third-order valence-corrected chi connectivity index (χ3v) is 4.13. The fraction of sp³-hybridized carbons (Fsp3) is 0.158. The average molecular weight is 350 g/mol. The minimum atomic E-state index is -0.443. The van der Waals surface area contributed by atoms with Gasteiger partial charge in [0.25, 0.3) is 11.4 Å². The van der Waals surface area contributed by atoms with Crippen molar-refractivity contribution in [3.63, 3.8) is 0 Å². The van der Waals surface area contributed by atoms with Crippen LogP contribution in [0.3, 0.4) is 0 Å². The van der Waals surface area contributed by atoms with Crippen molar-refractivity contribution in [2.75, 3.05) is 0 Å². The number of benzene rings is 2. The molecule has 2 heterocycles. The van der Waals surface area contributed by atoms with Crippen molar-refractivity contribution in [2.45, 2.75) is 19.9 Å². The highest BCUT2D eigenvalue weighted by Crippen LogP contribution is 2.20. The van der Waals surface area contributed by atoms with Crippen molar-refractivity contribution < 1.29 is 8.91 Å². The van der Waals surface area contributed by atoms with Gasteiger partial charge in [0.15, 0.2) is 5.82 Å². The van der Waals surface area contributed by atoms with Gasteiger partial charge in [-0.2, -0.15) is 4.98 Å². The zero-order valence-electron chi connectivity index (χ0n) is 14.0. The maximum Gasteiger partial charge on any atom is 0.261 e. The normalized spacial score (nSPS) is 11.2. The summed E-state index contributed by atoms with van der Waals surface area (Å²) in [5.74, 6) is 0.558. The maximum absolute atomic E-state index is 13.9. The predicted molar refractivity (Wildman–Crippen MR) is 94.2 cm³/mol. The molecule has 0 unspecified atom stereocenters. The number of nitrogens with zero attached hydrogens (tertiary/aromatic N) is 4. The quantitative estimate of drug-likeness (QED) is 0.565. The molecule has 7 heteroatoms. The van der Waals surface area contributed by atoms with Crippen LogP contribution in [0.5, 0.6) is 0 Å². The first-order valence-electron chi connectivity index (χ1n) is 8.23. The van der Waals surface area contributed by atoms with Gasteiger partial charge in [-0.3, -0.25) is 9.36 Å². The maximum atomic E-state index is 13.9. The second-order valence-electron chi connectivity index (χ2n) is 5.79. The van der Waals surface area contributed by atoms with E-state index in [1.165, 1.54) is 10.6 Å². The molecule has 0 atom stereocenters. The molecule has 0 N–H and O–H groups in total. The smallest absolute Gasteiger partial charge is 0.261 e. The molecule has 6 nitrogen and oxygen atoms in total. The van der Waals surface area contributed by atoms with Crippen molar-refractivity contribution >= 4 is 10.9 Å². The molecule has 4 rings (SSSR count). The van der Waals surface area contributed by atoms with Gasteiger partial charge in [0.1, 0.15) is 11.6 Å². The van der Waals surface area contributed by atoms with E-state index < -0.39 is 5.82 Å². The van der Waals surface area contributed by atoms with Crippen LogP contribution in [0, 0.1) is 5.82 Å². The van der Waals surface area contributed by atoms with Crippen molar-refractivity contribution in [3.8, 4) is 11.5 Å². The van der Waals surface area contributed by atoms with E-state index in [9.17, 15) is 9.18 Å². The Balaban J connectivity index is 1.75. The molecule has 0 fully saturated rings. The first kappa shape index (κ1) is 16.1. The molecular formula is C19H15FN4O2. The van der Waals surface area contributed by atoms with E-state index in [4.69, 9.17) is 4.52 Å². The Kier molecular flexibility index (Phi) is 4.04. The van der Waals surface area contributed by atoms with E-state index in [-0.39, 0.29) is 29.4 Å². The molecule has 26 heavy (non-hydrogen) atoms. The van der Waals surface area contributed by atoms with Gasteiger partial charge in [0.2, 0.25) is 0 Å². The van der Waals surface area contributed by atoms with Crippen molar-refractivity contribution in [2.24, 2.45) is 0 Å². The zero-order chi connectivity index (χ0) is 18.1. The van der Waals surface area contributed by atoms with Crippen LogP contribution in [0.25, 0.3) is 22.4 Å². The first-order valence-corrected chi connectivity index (χ1v) is 8.23. The van der Waals surface area contributed by atoms with Crippen LogP contribution in [0.1, 0.15) is 18.6 Å². The lowest BCUT2D eigenvalue weighted by Crippen LogP contribution is -2.26. The standard InChI is InChI=1S/C19H15FN4O2/c1-2-17-21-15-10-6-4-8-13(15)19(25)24(17)11-16-22-18(26-23-16)12-7-3-5-9-14(12)20/h3-10H,2,11H2,1H3. The average Bonchev–Trinajstić information content (AvgIpc) is 3.12. The summed E-state index contributed by atoms with van der Waals surface area (Å²) >= 11 is 0. The van der Waals surface area contributed by atoms with Gasteiger partial charge in [-0.25, -0.2) is 9.37 Å². The first-order chi connectivity index (χ1) is 12.7. The van der Waals surface area contributed by atoms with E-state index in [2.05, 4.69) is 15.1 Å². The molecule has 0 spiro atoms. The zero-order valence-corrected chi connectivity index (χ0v) is 14.0. The second-order valence-corrected chi connectivity index (χ2v) is 5.79. The van der Waals surface area contributed by atoms with E-state index in [1.807, 2.05) is 19.1 Å². The van der Waals surface area contributed by atoms with Crippen LogP contribution in [0.2, 0.25) is 0 Å². The number of halogens is 1. The van der Waals surface area contributed by atoms with Gasteiger partial charge in [0, 0.05) is 6.42 Å². The SMILES string of the molecule is CCc1nc2ccccc2c(=O)n1Cc1noc(-c2ccccc2F)n1. The summed E-state index contributed by atoms with van der Waals surface area (Å²) in [7, 11) is 0. The van der Waals surface area contributed by atoms with Crippen molar-refractivity contribution in [1.82, 2.24) is 19.7 Å². The molecular weight excluding hydrogens is 335 g/mol. The number of aryl methyl sites for hydroxylation is 1. The number of hydrogen-bond donors (Lipinski definition) is 0. The van der Waals surface area contributed by atoms with Crippen LogP contribution in [-0.2, 0) is 13.0 Å². The summed E-state index contributed by atoms with van der Waals surface area (Å²) in [4.78, 5) is 21.6. The van der Waals surface area contributed by atoms with E-state index >= 15 is 0 Å². The highest BCUT2D eigenvalue weighted by atomic mass is 19.1. The number of aromatic nitrogens is 4. The van der Waals surface area contributed by atoms with Crippen LogP contribution in [0.15, 0.2) is 57.8 Å². The highest BCUT2D eigenvalue weighted by Gasteiger charge is 2.16. The van der Waals surface area contributed by atoms with Gasteiger partial charge in [0.05, 0.1) is 23.0 Å². The van der Waals surface area contributed by atoms with Gasteiger partial charge in [-0.1, -0.05) is 36.3 Å². The second kappa shape index (κ2) is 6.51. The predicted octanol–water partition coefficient (Wildman–Crippen LogP) is 3.20. The van der Waals surface area contributed by atoms with E-state index in [0.717, 1.165) is 0 Å². The topological polar surface area (TPSA) is 73.8 Å². The lowest BCUT2D eigenvalue weighted by atomic mass is 10.2. The Morgan fingerprint density at radius 3 is 2.65 bits per heavy atom. The number of rotatable bonds is 4. The Morgan fingerprint density at radius 2 is 1.85 bits per heavy atom. The van der Waals surface area contributed by atoms with E-state index in [0.29, 0.717) is 23.1 Å². The molecule has 0 saturated heterocycles. The molecule has 0 aliphatic rings. The summed E-state index contributed by atoms with van der Waals surface area (Å²) < 4.78 is 20.6. The summed E-state index contributed by atoms with van der Waals surface area (Å²) in [6, 6.07) is 13.4. The minimum absolute atomic E-state index is 0.0814. The molecule has 2 aromatic carbocycles. The van der Waals surface area contributed by atoms with Crippen LogP contribution >= 0.6 is 0 Å². The van der Waals surface area contributed by atoms with Gasteiger partial charge in [-0.05, 0) is 24.3 Å². The molecule has 4 aromatic rings. The lowest BCUT2D eigenvalue weighted by Gasteiger charge is -2.10. The molecule has 2 aromatic heterocycles. The lowest BCUT2D eigenvalue weighted by molar-refractivity contribution is 0.417. The Hall–Kier alpha value is -3.35. The summed E-state index contributed by atoms with van der Waals surface area (Å²) in [6.45, 7) is 2.03. The van der Waals surface area contributed by atoms with Crippen LogP contribution in [-0.4, -0.2) is 19.7 Å². The number of para-hydroxylation sites is 1. The monoisotopic (exact) mass is 350 g/mol. The van der Waals surface area contributed by atoms with E-state index in [1.54, 1.807) is 30.3 Å². The summed E-state index contributed by atoms with van der Waals surface area (Å²) in [5.41, 5.74) is 0.724. The molecule has 130 valence electrons.